The van der Waals surface area contributed by atoms with Crippen molar-refractivity contribution in [3.8, 4) is 5.88 Å². The number of allylic oxidation sites excluding steroid dienone is 1. The van der Waals surface area contributed by atoms with Crippen LogP contribution in [0.5, 0.6) is 5.88 Å². The molecule has 1 aliphatic heterocycles. The molecule has 170 valence electrons. The molecule has 0 radical (unpaired) electrons. The Hall–Kier alpha value is -3.33. The molecule has 1 N–H and O–H groups in total. The van der Waals surface area contributed by atoms with Crippen LogP contribution in [0.3, 0.4) is 0 Å². The zero-order valence-corrected chi connectivity index (χ0v) is 18.8. The van der Waals surface area contributed by atoms with Crippen molar-refractivity contribution in [3.05, 3.63) is 53.8 Å². The summed E-state index contributed by atoms with van der Waals surface area (Å²) in [5.74, 6) is -0.426. The number of carbonyl (C=O) groups excluding carboxylic acids is 2. The van der Waals surface area contributed by atoms with Gasteiger partial charge in [0.25, 0.3) is 11.8 Å². The van der Waals surface area contributed by atoms with E-state index in [4.69, 9.17) is 4.74 Å². The van der Waals surface area contributed by atoms with E-state index < -0.39 is 6.10 Å². The van der Waals surface area contributed by atoms with Crippen LogP contribution in [0.15, 0.2) is 36.9 Å². The molecule has 0 bridgehead atoms. The zero-order chi connectivity index (χ0) is 23.3. The van der Waals surface area contributed by atoms with Crippen molar-refractivity contribution in [1.29, 1.82) is 0 Å². The maximum atomic E-state index is 13.3. The molecular formula is C23H29N5O4. The third-order valence-electron chi connectivity index (χ3n) is 5.48. The van der Waals surface area contributed by atoms with Gasteiger partial charge in [-0.3, -0.25) is 14.6 Å². The molecule has 0 saturated heterocycles. The minimum absolute atomic E-state index is 0.129. The van der Waals surface area contributed by atoms with Gasteiger partial charge >= 0.3 is 0 Å². The number of hydrogen-bond donors (Lipinski definition) is 1. The first-order valence-electron chi connectivity index (χ1n) is 10.6. The summed E-state index contributed by atoms with van der Waals surface area (Å²) in [6, 6.07) is 1.37. The van der Waals surface area contributed by atoms with E-state index in [0.29, 0.717) is 12.1 Å². The number of fused-ring (bicyclic) bond motifs is 1. The summed E-state index contributed by atoms with van der Waals surface area (Å²) < 4.78 is 6.20. The lowest BCUT2D eigenvalue weighted by Gasteiger charge is -2.37. The fourth-order valence-electron chi connectivity index (χ4n) is 3.58. The van der Waals surface area contributed by atoms with Crippen LogP contribution in [-0.2, 0) is 0 Å². The Bertz CT molecular complexity index is 982. The second kappa shape index (κ2) is 10.3. The van der Waals surface area contributed by atoms with Crippen molar-refractivity contribution < 1.29 is 19.4 Å². The third-order valence-corrected chi connectivity index (χ3v) is 5.48. The van der Waals surface area contributed by atoms with Crippen LogP contribution in [-0.4, -0.2) is 80.6 Å². The summed E-state index contributed by atoms with van der Waals surface area (Å²) in [5.41, 5.74) is 1.36. The van der Waals surface area contributed by atoms with Gasteiger partial charge in [0.2, 0.25) is 5.88 Å². The molecule has 3 atom stereocenters. The quantitative estimate of drug-likeness (QED) is 0.732. The Morgan fingerprint density at radius 1 is 1.38 bits per heavy atom. The maximum absolute atomic E-state index is 13.3. The largest absolute Gasteiger partial charge is 0.472 e. The van der Waals surface area contributed by atoms with Crippen molar-refractivity contribution in [2.75, 3.05) is 26.7 Å². The fourth-order valence-corrected chi connectivity index (χ4v) is 3.58. The lowest BCUT2D eigenvalue weighted by molar-refractivity contribution is 0.0312. The molecule has 3 heterocycles. The summed E-state index contributed by atoms with van der Waals surface area (Å²) >= 11 is 0. The minimum atomic E-state index is -0.430. The van der Waals surface area contributed by atoms with Crippen LogP contribution >= 0.6 is 0 Å². The summed E-state index contributed by atoms with van der Waals surface area (Å²) in [6.45, 7) is 6.11. The van der Waals surface area contributed by atoms with Crippen LogP contribution in [0.4, 0.5) is 0 Å². The molecule has 0 spiro atoms. The summed E-state index contributed by atoms with van der Waals surface area (Å²) in [5, 5.41) is 9.73. The van der Waals surface area contributed by atoms with Crippen molar-refractivity contribution >= 4 is 17.9 Å². The monoisotopic (exact) mass is 439 g/mol. The first-order chi connectivity index (χ1) is 15.3. The maximum Gasteiger partial charge on any atom is 0.273 e. The van der Waals surface area contributed by atoms with Gasteiger partial charge in [0.15, 0.2) is 0 Å². The number of amides is 2. The third kappa shape index (κ3) is 5.11. The highest BCUT2D eigenvalue weighted by Crippen LogP contribution is 2.27. The predicted octanol–water partition coefficient (Wildman–Crippen LogP) is 1.90. The van der Waals surface area contributed by atoms with Gasteiger partial charge < -0.3 is 19.6 Å². The van der Waals surface area contributed by atoms with E-state index in [2.05, 4.69) is 15.0 Å². The first kappa shape index (κ1) is 23.3. The molecule has 32 heavy (non-hydrogen) atoms. The normalized spacial score (nSPS) is 19.7. The lowest BCUT2D eigenvalue weighted by Crippen LogP contribution is -2.50. The molecule has 0 unspecified atom stereocenters. The SMILES string of the molecule is C/C=C/c1cnc2c(c1)C(=O)N([C@@H](C)CO)C[C@H](C)[C@@H](CN(C)C(=O)c1cnccn1)O2. The summed E-state index contributed by atoms with van der Waals surface area (Å²) in [6.07, 6.45) is 9.33. The molecule has 3 rings (SSSR count). The van der Waals surface area contributed by atoms with E-state index in [9.17, 15) is 14.7 Å². The van der Waals surface area contributed by atoms with Gasteiger partial charge in [-0.15, -0.1) is 0 Å². The molecule has 0 aliphatic carbocycles. The van der Waals surface area contributed by atoms with E-state index in [1.54, 1.807) is 31.1 Å². The zero-order valence-electron chi connectivity index (χ0n) is 18.8. The van der Waals surface area contributed by atoms with Crippen LogP contribution in [0.2, 0.25) is 0 Å². The second-order valence-electron chi connectivity index (χ2n) is 8.02. The number of likely N-dealkylation sites (N-methyl/N-ethyl adjacent to an activating group) is 1. The minimum Gasteiger partial charge on any atom is -0.472 e. The van der Waals surface area contributed by atoms with Crippen molar-refractivity contribution in [3.63, 3.8) is 0 Å². The Morgan fingerprint density at radius 2 is 2.16 bits per heavy atom. The number of hydrogen-bond acceptors (Lipinski definition) is 7. The van der Waals surface area contributed by atoms with E-state index in [-0.39, 0.29) is 48.5 Å². The molecule has 2 aromatic heterocycles. The van der Waals surface area contributed by atoms with Gasteiger partial charge in [-0.05, 0) is 25.5 Å². The van der Waals surface area contributed by atoms with Gasteiger partial charge in [0.05, 0.1) is 25.4 Å². The Balaban J connectivity index is 1.93. The number of rotatable bonds is 6. The van der Waals surface area contributed by atoms with Crippen LogP contribution < -0.4 is 4.74 Å². The van der Waals surface area contributed by atoms with Crippen molar-refractivity contribution in [2.45, 2.75) is 32.9 Å². The second-order valence-corrected chi connectivity index (χ2v) is 8.02. The molecule has 0 saturated carbocycles. The van der Waals surface area contributed by atoms with E-state index >= 15 is 0 Å². The molecule has 1 aliphatic rings. The van der Waals surface area contributed by atoms with E-state index in [0.717, 1.165) is 5.56 Å². The summed E-state index contributed by atoms with van der Waals surface area (Å²) in [4.78, 5) is 41.7. The lowest BCUT2D eigenvalue weighted by atomic mass is 9.99. The predicted molar refractivity (Wildman–Crippen MR) is 119 cm³/mol. The van der Waals surface area contributed by atoms with Crippen LogP contribution in [0.25, 0.3) is 6.08 Å². The molecule has 9 nitrogen and oxygen atoms in total. The van der Waals surface area contributed by atoms with Gasteiger partial charge in [-0.1, -0.05) is 19.1 Å². The van der Waals surface area contributed by atoms with Gasteiger partial charge in [0.1, 0.15) is 17.4 Å². The highest BCUT2D eigenvalue weighted by molar-refractivity contribution is 5.97. The molecule has 0 fully saturated rings. The van der Waals surface area contributed by atoms with Gasteiger partial charge in [0, 0.05) is 38.1 Å². The van der Waals surface area contributed by atoms with Crippen LogP contribution in [0, 0.1) is 5.92 Å². The Kier molecular flexibility index (Phi) is 7.53. The average Bonchev–Trinajstić information content (AvgIpc) is 2.81. The number of aliphatic hydroxyl groups is 1. The Morgan fingerprint density at radius 3 is 2.81 bits per heavy atom. The van der Waals surface area contributed by atoms with Gasteiger partial charge in [-0.2, -0.15) is 0 Å². The molecule has 2 amide bonds. The first-order valence-corrected chi connectivity index (χ1v) is 10.6. The number of carbonyl (C=O) groups is 2. The number of ether oxygens (including phenoxy) is 1. The Labute approximate surface area is 187 Å². The number of aliphatic hydroxyl groups excluding tert-OH is 1. The van der Waals surface area contributed by atoms with Crippen LogP contribution in [0.1, 0.15) is 47.2 Å². The standard InChI is InChI=1S/C23H29N5O4/c1-5-6-17-9-18-21(26-10-17)32-20(15(2)12-28(22(18)30)16(3)14-29)13-27(4)23(31)19-11-24-7-8-25-19/h5-11,15-16,20,29H,12-14H2,1-4H3/b6-5+/t15-,16-,20+/m0/s1. The summed E-state index contributed by atoms with van der Waals surface area (Å²) in [7, 11) is 1.68. The number of pyridine rings is 1. The number of nitrogens with zero attached hydrogens (tertiary/aromatic N) is 5. The highest BCUT2D eigenvalue weighted by atomic mass is 16.5. The highest BCUT2D eigenvalue weighted by Gasteiger charge is 2.34. The number of aromatic nitrogens is 3. The van der Waals surface area contributed by atoms with E-state index in [1.165, 1.54) is 23.5 Å². The molecular weight excluding hydrogens is 410 g/mol. The average molecular weight is 440 g/mol. The fraction of sp³-hybridized carbons (Fsp3) is 0.435. The van der Waals surface area contributed by atoms with Gasteiger partial charge in [-0.25, -0.2) is 9.97 Å². The molecule has 0 aromatic carbocycles. The van der Waals surface area contributed by atoms with Crippen molar-refractivity contribution in [1.82, 2.24) is 24.8 Å². The smallest absolute Gasteiger partial charge is 0.273 e. The topological polar surface area (TPSA) is 109 Å². The van der Waals surface area contributed by atoms with E-state index in [1.807, 2.05) is 26.0 Å². The van der Waals surface area contributed by atoms with Crippen molar-refractivity contribution in [2.24, 2.45) is 5.92 Å². The molecule has 2 aromatic rings. The molecule has 9 heteroatoms.